The van der Waals surface area contributed by atoms with Crippen molar-refractivity contribution in [2.45, 2.75) is 40.2 Å². The number of benzene rings is 1. The number of nitrogens with one attached hydrogen (secondary N) is 1. The van der Waals surface area contributed by atoms with Crippen molar-refractivity contribution in [1.82, 2.24) is 20.0 Å². The fourth-order valence-corrected chi connectivity index (χ4v) is 4.62. The molecule has 3 rings (SSSR count). The molecule has 0 saturated carbocycles. The highest BCUT2D eigenvalue weighted by Crippen LogP contribution is 2.32. The Kier molecular flexibility index (Phi) is 8.97. The molecule has 34 heavy (non-hydrogen) atoms. The van der Waals surface area contributed by atoms with Gasteiger partial charge in [-0.2, -0.15) is 0 Å². The molecule has 1 saturated heterocycles. The number of rotatable bonds is 7. The summed E-state index contributed by atoms with van der Waals surface area (Å²) in [4.78, 5) is 44.5. The number of esters is 1. The summed E-state index contributed by atoms with van der Waals surface area (Å²) in [5.74, 6) is -0.326. The average molecular weight is 491 g/mol. The molecule has 2 heterocycles. The zero-order chi connectivity index (χ0) is 24.8. The van der Waals surface area contributed by atoms with Gasteiger partial charge in [0.05, 0.1) is 18.2 Å². The Bertz CT molecular complexity index is 931. The molecule has 2 aliphatic rings. The summed E-state index contributed by atoms with van der Waals surface area (Å²) in [5, 5.41) is 3.55. The van der Waals surface area contributed by atoms with Crippen molar-refractivity contribution in [3.63, 3.8) is 0 Å². The number of carbonyl (C=O) groups is 3. The lowest BCUT2D eigenvalue weighted by Crippen LogP contribution is -2.51. The largest absolute Gasteiger partial charge is 0.463 e. The Morgan fingerprint density at radius 3 is 2.44 bits per heavy atom. The number of nitrogens with zero attached hydrogens (tertiary/aromatic N) is 3. The van der Waals surface area contributed by atoms with Gasteiger partial charge >= 0.3 is 12.0 Å². The lowest BCUT2D eigenvalue weighted by atomic mass is 9.94. The quantitative estimate of drug-likeness (QED) is 0.592. The Balaban J connectivity index is 1.96. The molecular formula is C25H35ClN4O4. The van der Waals surface area contributed by atoms with Crippen LogP contribution in [0.25, 0.3) is 0 Å². The van der Waals surface area contributed by atoms with Crippen molar-refractivity contribution >= 4 is 29.5 Å². The number of amides is 3. The van der Waals surface area contributed by atoms with Crippen LogP contribution < -0.4 is 5.32 Å². The highest BCUT2D eigenvalue weighted by molar-refractivity contribution is 6.30. The van der Waals surface area contributed by atoms with Crippen LogP contribution in [0.15, 0.2) is 35.5 Å². The summed E-state index contributed by atoms with van der Waals surface area (Å²) in [6, 6.07) is 6.23. The maximum absolute atomic E-state index is 13.2. The number of urea groups is 1. The van der Waals surface area contributed by atoms with Gasteiger partial charge in [-0.25, -0.2) is 9.59 Å². The molecule has 3 amide bonds. The number of ether oxygens (including phenoxy) is 1. The van der Waals surface area contributed by atoms with Crippen molar-refractivity contribution in [2.24, 2.45) is 5.92 Å². The second-order valence-corrected chi connectivity index (χ2v) is 9.31. The molecule has 1 N–H and O–H groups in total. The van der Waals surface area contributed by atoms with E-state index in [1.54, 1.807) is 24.0 Å². The second-order valence-electron chi connectivity index (χ2n) is 8.87. The summed E-state index contributed by atoms with van der Waals surface area (Å²) in [6.45, 7) is 11.3. The van der Waals surface area contributed by atoms with Gasteiger partial charge in [0.1, 0.15) is 0 Å². The van der Waals surface area contributed by atoms with Gasteiger partial charge in [-0.05, 0) is 38.0 Å². The monoisotopic (exact) mass is 490 g/mol. The summed E-state index contributed by atoms with van der Waals surface area (Å²) >= 11 is 6.07. The Morgan fingerprint density at radius 2 is 1.82 bits per heavy atom. The third-order valence-corrected chi connectivity index (χ3v) is 6.47. The lowest BCUT2D eigenvalue weighted by Gasteiger charge is -2.38. The fourth-order valence-electron chi connectivity index (χ4n) is 4.49. The molecule has 1 fully saturated rings. The molecule has 0 unspecified atom stereocenters. The van der Waals surface area contributed by atoms with Crippen LogP contribution in [0.2, 0.25) is 5.02 Å². The van der Waals surface area contributed by atoms with Crippen LogP contribution in [0.4, 0.5) is 4.79 Å². The summed E-state index contributed by atoms with van der Waals surface area (Å²) in [7, 11) is 0. The first-order valence-corrected chi connectivity index (χ1v) is 12.4. The van der Waals surface area contributed by atoms with Crippen LogP contribution in [-0.2, 0) is 14.3 Å². The van der Waals surface area contributed by atoms with Crippen molar-refractivity contribution < 1.29 is 19.1 Å². The van der Waals surface area contributed by atoms with Gasteiger partial charge in [0.15, 0.2) is 0 Å². The van der Waals surface area contributed by atoms with E-state index >= 15 is 0 Å². The average Bonchev–Trinajstić information content (AvgIpc) is 3.04. The summed E-state index contributed by atoms with van der Waals surface area (Å²) in [6.07, 6.45) is 0.833. The molecule has 186 valence electrons. The van der Waals surface area contributed by atoms with Crippen LogP contribution in [0, 0.1) is 5.92 Å². The van der Waals surface area contributed by atoms with E-state index in [0.29, 0.717) is 49.0 Å². The van der Waals surface area contributed by atoms with E-state index in [-0.39, 0.29) is 24.5 Å². The Labute approximate surface area is 206 Å². The first kappa shape index (κ1) is 26.0. The summed E-state index contributed by atoms with van der Waals surface area (Å²) in [5.41, 5.74) is 1.84. The van der Waals surface area contributed by atoms with E-state index in [2.05, 4.69) is 10.2 Å². The van der Waals surface area contributed by atoms with E-state index in [1.807, 2.05) is 37.8 Å². The Hall–Kier alpha value is -2.58. The second kappa shape index (κ2) is 11.7. The third kappa shape index (κ3) is 5.91. The molecule has 0 aromatic heterocycles. The van der Waals surface area contributed by atoms with Gasteiger partial charge in [0.25, 0.3) is 0 Å². The van der Waals surface area contributed by atoms with Crippen LogP contribution in [0.3, 0.4) is 0 Å². The SMILES string of the molecule is CCOC(=O)C1=C(CN2CCCN(C(=O)C(C)C)CC2)N(CC)C(=O)N[C@@H]1c1ccc(Cl)cc1. The topological polar surface area (TPSA) is 82.2 Å². The van der Waals surface area contributed by atoms with Crippen LogP contribution in [-0.4, -0.2) is 78.5 Å². The predicted octanol–water partition coefficient (Wildman–Crippen LogP) is 3.43. The van der Waals surface area contributed by atoms with Crippen LogP contribution in [0.5, 0.6) is 0 Å². The normalized spacial score (nSPS) is 19.8. The van der Waals surface area contributed by atoms with Crippen LogP contribution >= 0.6 is 11.6 Å². The van der Waals surface area contributed by atoms with E-state index in [4.69, 9.17) is 16.3 Å². The van der Waals surface area contributed by atoms with Gasteiger partial charge in [-0.1, -0.05) is 37.6 Å². The van der Waals surface area contributed by atoms with E-state index in [1.165, 1.54) is 0 Å². The number of hydrogen-bond donors (Lipinski definition) is 1. The van der Waals surface area contributed by atoms with Crippen molar-refractivity contribution in [3.05, 3.63) is 46.1 Å². The maximum Gasteiger partial charge on any atom is 0.338 e. The standard InChI is InChI=1S/C25H35ClN4O4/c1-5-30-20(16-28-12-7-13-29(15-14-28)23(31)17(3)4)21(24(32)34-6-2)22(27-25(30)33)18-8-10-19(26)11-9-18/h8-11,17,22H,5-7,12-16H2,1-4H3,(H,27,33)/t22-/m1/s1. The smallest absolute Gasteiger partial charge is 0.338 e. The van der Waals surface area contributed by atoms with Crippen molar-refractivity contribution in [2.75, 3.05) is 45.9 Å². The van der Waals surface area contributed by atoms with Crippen molar-refractivity contribution in [1.29, 1.82) is 0 Å². The molecular weight excluding hydrogens is 456 g/mol. The van der Waals surface area contributed by atoms with Gasteiger partial charge in [-0.3, -0.25) is 14.6 Å². The highest BCUT2D eigenvalue weighted by Gasteiger charge is 2.38. The maximum atomic E-state index is 13.2. The highest BCUT2D eigenvalue weighted by atomic mass is 35.5. The molecule has 8 nitrogen and oxygen atoms in total. The number of carbonyl (C=O) groups excluding carboxylic acids is 3. The fraction of sp³-hybridized carbons (Fsp3) is 0.560. The van der Waals surface area contributed by atoms with E-state index < -0.39 is 12.0 Å². The molecule has 0 aliphatic carbocycles. The first-order valence-electron chi connectivity index (χ1n) is 12.0. The molecule has 9 heteroatoms. The molecule has 0 bridgehead atoms. The minimum absolute atomic E-state index is 0.0394. The molecule has 2 aliphatic heterocycles. The molecule has 0 radical (unpaired) electrons. The third-order valence-electron chi connectivity index (χ3n) is 6.22. The van der Waals surface area contributed by atoms with Gasteiger partial charge < -0.3 is 15.0 Å². The zero-order valence-electron chi connectivity index (χ0n) is 20.5. The first-order chi connectivity index (χ1) is 16.3. The lowest BCUT2D eigenvalue weighted by molar-refractivity contribution is -0.139. The van der Waals surface area contributed by atoms with Gasteiger partial charge in [0.2, 0.25) is 5.91 Å². The molecule has 1 aromatic rings. The zero-order valence-corrected chi connectivity index (χ0v) is 21.2. The van der Waals surface area contributed by atoms with Crippen molar-refractivity contribution in [3.8, 4) is 0 Å². The minimum atomic E-state index is -0.632. The molecule has 1 aromatic carbocycles. The molecule has 0 spiro atoms. The van der Waals surface area contributed by atoms with Crippen LogP contribution in [0.1, 0.15) is 45.7 Å². The summed E-state index contributed by atoms with van der Waals surface area (Å²) < 4.78 is 5.43. The minimum Gasteiger partial charge on any atom is -0.463 e. The van der Waals surface area contributed by atoms with Gasteiger partial charge in [-0.15, -0.1) is 0 Å². The van der Waals surface area contributed by atoms with E-state index in [0.717, 1.165) is 18.5 Å². The number of hydrogen-bond acceptors (Lipinski definition) is 5. The van der Waals surface area contributed by atoms with Gasteiger partial charge in [0, 0.05) is 55.9 Å². The number of likely N-dealkylation sites (N-methyl/N-ethyl adjacent to an activating group) is 1. The van der Waals surface area contributed by atoms with E-state index in [9.17, 15) is 14.4 Å². The Morgan fingerprint density at radius 1 is 1.12 bits per heavy atom. The molecule has 1 atom stereocenters. The number of halogens is 1. The predicted molar refractivity (Wildman–Crippen MR) is 131 cm³/mol.